The molecule has 0 fully saturated rings. The van der Waals surface area contributed by atoms with Crippen molar-refractivity contribution in [3.05, 3.63) is 65.9 Å². The Morgan fingerprint density at radius 2 is 1.81 bits per heavy atom. The molecule has 0 aliphatic heterocycles. The van der Waals surface area contributed by atoms with Crippen molar-refractivity contribution >= 4 is 16.6 Å². The number of rotatable bonds is 4. The largest absolute Gasteiger partial charge is 0.497 e. The van der Waals surface area contributed by atoms with Crippen LogP contribution in [0, 0.1) is 6.92 Å². The highest BCUT2D eigenvalue weighted by Gasteiger charge is 2.03. The van der Waals surface area contributed by atoms with Gasteiger partial charge in [-0.15, -0.1) is 0 Å². The molecule has 1 heterocycles. The second kappa shape index (κ2) is 5.83. The molecule has 0 atom stereocenters. The van der Waals surface area contributed by atoms with Crippen molar-refractivity contribution < 1.29 is 4.74 Å². The first-order valence-electron chi connectivity index (χ1n) is 6.99. The van der Waals surface area contributed by atoms with Crippen LogP contribution in [0.3, 0.4) is 0 Å². The SMILES string of the molecule is COc1ccc(CNc2cc(C)nc3ccccc23)cc1. The first-order valence-corrected chi connectivity index (χ1v) is 6.99. The van der Waals surface area contributed by atoms with Crippen LogP contribution in [0.5, 0.6) is 5.75 Å². The fraction of sp³-hybridized carbons (Fsp3) is 0.167. The normalized spacial score (nSPS) is 10.6. The average molecular weight is 278 g/mol. The third-order valence-corrected chi connectivity index (χ3v) is 3.49. The Balaban J connectivity index is 1.84. The van der Waals surface area contributed by atoms with E-state index in [0.29, 0.717) is 0 Å². The number of fused-ring (bicyclic) bond motifs is 1. The number of nitrogens with zero attached hydrogens (tertiary/aromatic N) is 1. The molecule has 0 aliphatic rings. The second-order valence-electron chi connectivity index (χ2n) is 5.03. The van der Waals surface area contributed by atoms with E-state index < -0.39 is 0 Å². The maximum atomic E-state index is 5.18. The minimum atomic E-state index is 0.775. The Kier molecular flexibility index (Phi) is 3.73. The maximum Gasteiger partial charge on any atom is 0.118 e. The Morgan fingerprint density at radius 1 is 1.05 bits per heavy atom. The highest BCUT2D eigenvalue weighted by Crippen LogP contribution is 2.23. The molecular formula is C18H18N2O. The molecule has 1 N–H and O–H groups in total. The summed E-state index contributed by atoms with van der Waals surface area (Å²) in [5.41, 5.74) is 4.38. The van der Waals surface area contributed by atoms with E-state index in [9.17, 15) is 0 Å². The molecule has 0 radical (unpaired) electrons. The van der Waals surface area contributed by atoms with Crippen molar-refractivity contribution in [3.63, 3.8) is 0 Å². The highest BCUT2D eigenvalue weighted by molar-refractivity contribution is 5.91. The van der Waals surface area contributed by atoms with Gasteiger partial charge in [-0.1, -0.05) is 30.3 Å². The Bertz CT molecular complexity index is 751. The Morgan fingerprint density at radius 3 is 2.57 bits per heavy atom. The van der Waals surface area contributed by atoms with E-state index in [1.54, 1.807) is 7.11 Å². The van der Waals surface area contributed by atoms with E-state index in [1.807, 2.05) is 37.3 Å². The van der Waals surface area contributed by atoms with E-state index in [0.717, 1.165) is 34.6 Å². The van der Waals surface area contributed by atoms with Gasteiger partial charge in [0.15, 0.2) is 0 Å². The van der Waals surface area contributed by atoms with Crippen LogP contribution < -0.4 is 10.1 Å². The summed E-state index contributed by atoms with van der Waals surface area (Å²) in [4.78, 5) is 4.56. The van der Waals surface area contributed by atoms with Crippen LogP contribution in [0.25, 0.3) is 10.9 Å². The van der Waals surface area contributed by atoms with Crippen LogP contribution in [0.15, 0.2) is 54.6 Å². The lowest BCUT2D eigenvalue weighted by molar-refractivity contribution is 0.414. The van der Waals surface area contributed by atoms with Crippen molar-refractivity contribution in [3.8, 4) is 5.75 Å². The van der Waals surface area contributed by atoms with Crippen molar-refractivity contribution in [1.82, 2.24) is 4.98 Å². The molecule has 3 nitrogen and oxygen atoms in total. The molecule has 0 saturated heterocycles. The van der Waals surface area contributed by atoms with Gasteiger partial charge in [0.25, 0.3) is 0 Å². The van der Waals surface area contributed by atoms with Crippen LogP contribution in [-0.2, 0) is 6.54 Å². The molecule has 0 saturated carbocycles. The zero-order chi connectivity index (χ0) is 14.7. The molecule has 0 unspecified atom stereocenters. The lowest BCUT2D eigenvalue weighted by Crippen LogP contribution is -2.01. The van der Waals surface area contributed by atoms with E-state index in [2.05, 4.69) is 34.6 Å². The zero-order valence-electron chi connectivity index (χ0n) is 12.3. The summed E-state index contributed by atoms with van der Waals surface area (Å²) in [6, 6.07) is 18.4. The second-order valence-corrected chi connectivity index (χ2v) is 5.03. The summed E-state index contributed by atoms with van der Waals surface area (Å²) in [6.45, 7) is 2.79. The number of nitrogens with one attached hydrogen (secondary N) is 1. The molecule has 0 aliphatic carbocycles. The Labute approximate surface area is 124 Å². The monoisotopic (exact) mass is 278 g/mol. The van der Waals surface area contributed by atoms with Gasteiger partial charge < -0.3 is 10.1 Å². The van der Waals surface area contributed by atoms with E-state index in [4.69, 9.17) is 4.74 Å². The fourth-order valence-electron chi connectivity index (χ4n) is 2.39. The minimum absolute atomic E-state index is 0.775. The number of aromatic nitrogens is 1. The summed E-state index contributed by atoms with van der Waals surface area (Å²) in [7, 11) is 1.68. The van der Waals surface area contributed by atoms with E-state index in [1.165, 1.54) is 5.56 Å². The number of hydrogen-bond donors (Lipinski definition) is 1. The van der Waals surface area contributed by atoms with Gasteiger partial charge in [-0.2, -0.15) is 0 Å². The lowest BCUT2D eigenvalue weighted by atomic mass is 10.1. The maximum absolute atomic E-state index is 5.18. The van der Waals surface area contributed by atoms with Gasteiger partial charge in [-0.05, 0) is 36.8 Å². The minimum Gasteiger partial charge on any atom is -0.497 e. The number of anilines is 1. The molecular weight excluding hydrogens is 260 g/mol. The van der Waals surface area contributed by atoms with Gasteiger partial charge in [0.1, 0.15) is 5.75 Å². The summed E-state index contributed by atoms with van der Waals surface area (Å²) in [5.74, 6) is 0.879. The third-order valence-electron chi connectivity index (χ3n) is 3.49. The van der Waals surface area contributed by atoms with E-state index >= 15 is 0 Å². The number of benzene rings is 2. The first-order chi connectivity index (χ1) is 10.3. The summed E-state index contributed by atoms with van der Waals surface area (Å²) >= 11 is 0. The van der Waals surface area contributed by atoms with Crippen molar-refractivity contribution in [2.75, 3.05) is 12.4 Å². The van der Waals surface area contributed by atoms with Gasteiger partial charge in [0.2, 0.25) is 0 Å². The quantitative estimate of drug-likeness (QED) is 0.778. The van der Waals surface area contributed by atoms with Crippen LogP contribution in [0.4, 0.5) is 5.69 Å². The lowest BCUT2D eigenvalue weighted by Gasteiger charge is -2.11. The number of ether oxygens (including phenoxy) is 1. The summed E-state index contributed by atoms with van der Waals surface area (Å²) < 4.78 is 5.18. The molecule has 21 heavy (non-hydrogen) atoms. The number of pyridine rings is 1. The van der Waals surface area contributed by atoms with Gasteiger partial charge in [0, 0.05) is 23.3 Å². The number of hydrogen-bond acceptors (Lipinski definition) is 3. The van der Waals surface area contributed by atoms with Crippen LogP contribution >= 0.6 is 0 Å². The standard InChI is InChI=1S/C18H18N2O/c1-13-11-18(16-5-3-4-6-17(16)20-13)19-12-14-7-9-15(21-2)10-8-14/h3-11H,12H2,1-2H3,(H,19,20). The fourth-order valence-corrected chi connectivity index (χ4v) is 2.39. The molecule has 106 valence electrons. The number of para-hydroxylation sites is 1. The van der Waals surface area contributed by atoms with Crippen molar-refractivity contribution in [2.24, 2.45) is 0 Å². The molecule has 3 rings (SSSR count). The van der Waals surface area contributed by atoms with Crippen LogP contribution in [-0.4, -0.2) is 12.1 Å². The van der Waals surface area contributed by atoms with Crippen LogP contribution in [0.2, 0.25) is 0 Å². The summed E-state index contributed by atoms with van der Waals surface area (Å²) in [6.07, 6.45) is 0. The van der Waals surface area contributed by atoms with Gasteiger partial charge in [-0.3, -0.25) is 4.98 Å². The Hall–Kier alpha value is -2.55. The molecule has 3 aromatic rings. The molecule has 0 amide bonds. The topological polar surface area (TPSA) is 34.1 Å². The predicted molar refractivity (Wildman–Crippen MR) is 86.8 cm³/mol. The molecule has 0 spiro atoms. The van der Waals surface area contributed by atoms with Crippen molar-refractivity contribution in [1.29, 1.82) is 0 Å². The van der Waals surface area contributed by atoms with Gasteiger partial charge in [-0.25, -0.2) is 0 Å². The average Bonchev–Trinajstić information content (AvgIpc) is 2.53. The number of methoxy groups -OCH3 is 1. The smallest absolute Gasteiger partial charge is 0.118 e. The molecule has 1 aromatic heterocycles. The molecule has 0 bridgehead atoms. The van der Waals surface area contributed by atoms with E-state index in [-0.39, 0.29) is 0 Å². The van der Waals surface area contributed by atoms with Gasteiger partial charge >= 0.3 is 0 Å². The predicted octanol–water partition coefficient (Wildman–Crippen LogP) is 4.16. The van der Waals surface area contributed by atoms with Crippen LogP contribution in [0.1, 0.15) is 11.3 Å². The first kappa shape index (κ1) is 13.4. The highest BCUT2D eigenvalue weighted by atomic mass is 16.5. The zero-order valence-corrected chi connectivity index (χ0v) is 12.3. The molecule has 3 heteroatoms. The number of aryl methyl sites for hydroxylation is 1. The van der Waals surface area contributed by atoms with Crippen molar-refractivity contribution in [2.45, 2.75) is 13.5 Å². The summed E-state index contributed by atoms with van der Waals surface area (Å²) in [5, 5.41) is 4.65. The third kappa shape index (κ3) is 2.97. The van der Waals surface area contributed by atoms with Gasteiger partial charge in [0.05, 0.1) is 12.6 Å². The molecule has 2 aromatic carbocycles.